The number of aromatic nitrogens is 2. The Morgan fingerprint density at radius 1 is 1.44 bits per heavy atom. The first-order chi connectivity index (χ1) is 7.25. The quantitative estimate of drug-likeness (QED) is 0.865. The smallest absolute Gasteiger partial charge is 0.314 e. The van der Waals surface area contributed by atoms with E-state index in [1.54, 1.807) is 0 Å². The Morgan fingerprint density at radius 2 is 2.19 bits per heavy atom. The molecule has 0 aromatic carbocycles. The summed E-state index contributed by atoms with van der Waals surface area (Å²) in [6.45, 7) is 0.929. The van der Waals surface area contributed by atoms with Crippen molar-refractivity contribution >= 4 is 18.4 Å². The lowest BCUT2D eigenvalue weighted by Gasteiger charge is -2.19. The van der Waals surface area contributed by atoms with Crippen molar-refractivity contribution in [2.45, 2.75) is 44.1 Å². The summed E-state index contributed by atoms with van der Waals surface area (Å²) >= 11 is 0. The highest BCUT2D eigenvalue weighted by atomic mass is 35.5. The maximum absolute atomic E-state index is 11.1. The van der Waals surface area contributed by atoms with Crippen LogP contribution in [0.4, 0.5) is 0 Å². The van der Waals surface area contributed by atoms with E-state index in [-0.39, 0.29) is 18.3 Å². The van der Waals surface area contributed by atoms with Crippen molar-refractivity contribution in [3.8, 4) is 0 Å². The predicted molar refractivity (Wildman–Crippen MR) is 61.1 cm³/mol. The standard InChI is InChI=1S/C11H14N2O2.ClH/c14-11(15)8-2-1-5-13-6-9(7-3-4-7)12-10(8)13;/h6-8H,1-5H2,(H,14,15);1H. The molecule has 0 spiro atoms. The molecular weight excluding hydrogens is 228 g/mol. The van der Waals surface area contributed by atoms with Crippen LogP contribution in [0.1, 0.15) is 49.0 Å². The molecule has 1 aromatic heterocycles. The molecule has 1 N–H and O–H groups in total. The van der Waals surface area contributed by atoms with Gasteiger partial charge >= 0.3 is 5.97 Å². The van der Waals surface area contributed by atoms with Gasteiger partial charge in [-0.05, 0) is 25.7 Å². The molecule has 2 heterocycles. The van der Waals surface area contributed by atoms with Crippen molar-refractivity contribution in [2.24, 2.45) is 0 Å². The van der Waals surface area contributed by atoms with Crippen LogP contribution in [0.5, 0.6) is 0 Å². The number of carboxylic acids is 1. The van der Waals surface area contributed by atoms with E-state index in [0.717, 1.165) is 30.9 Å². The van der Waals surface area contributed by atoms with Crippen molar-refractivity contribution in [1.82, 2.24) is 9.55 Å². The van der Waals surface area contributed by atoms with Gasteiger partial charge in [0, 0.05) is 18.7 Å². The molecule has 0 radical (unpaired) electrons. The molecule has 16 heavy (non-hydrogen) atoms. The lowest BCUT2D eigenvalue weighted by Crippen LogP contribution is -2.21. The molecular formula is C11H15ClN2O2. The van der Waals surface area contributed by atoms with Crippen molar-refractivity contribution in [2.75, 3.05) is 0 Å². The van der Waals surface area contributed by atoms with Gasteiger partial charge in [-0.3, -0.25) is 4.79 Å². The average molecular weight is 243 g/mol. The monoisotopic (exact) mass is 242 g/mol. The van der Waals surface area contributed by atoms with E-state index in [4.69, 9.17) is 5.11 Å². The molecule has 0 amide bonds. The van der Waals surface area contributed by atoms with E-state index in [2.05, 4.69) is 11.2 Å². The molecule has 2 aliphatic rings. The van der Waals surface area contributed by atoms with Crippen LogP contribution in [-0.4, -0.2) is 20.6 Å². The first-order valence-corrected chi connectivity index (χ1v) is 5.55. The molecule has 0 saturated heterocycles. The van der Waals surface area contributed by atoms with Crippen LogP contribution in [0.15, 0.2) is 6.20 Å². The minimum atomic E-state index is -0.733. The van der Waals surface area contributed by atoms with Crippen molar-refractivity contribution in [1.29, 1.82) is 0 Å². The second-order valence-corrected chi connectivity index (χ2v) is 4.52. The number of carboxylic acid groups (broad SMARTS) is 1. The normalized spacial score (nSPS) is 23.4. The zero-order valence-corrected chi connectivity index (χ0v) is 9.74. The van der Waals surface area contributed by atoms with Crippen LogP contribution in [0.3, 0.4) is 0 Å². The third-order valence-corrected chi connectivity index (χ3v) is 3.32. The van der Waals surface area contributed by atoms with Crippen LogP contribution in [0.2, 0.25) is 0 Å². The highest BCUT2D eigenvalue weighted by molar-refractivity contribution is 5.85. The van der Waals surface area contributed by atoms with Gasteiger partial charge in [0.05, 0.1) is 5.69 Å². The molecule has 1 aromatic rings. The number of rotatable bonds is 2. The Labute approximate surface area is 100 Å². The fourth-order valence-corrected chi connectivity index (χ4v) is 2.31. The number of halogens is 1. The lowest BCUT2D eigenvalue weighted by molar-refractivity contribution is -0.139. The van der Waals surface area contributed by atoms with Crippen LogP contribution in [0.25, 0.3) is 0 Å². The van der Waals surface area contributed by atoms with E-state index in [0.29, 0.717) is 5.92 Å². The Balaban J connectivity index is 0.000000963. The molecule has 3 rings (SSSR count). The summed E-state index contributed by atoms with van der Waals surface area (Å²) in [5, 5.41) is 9.10. The molecule has 1 atom stereocenters. The molecule has 1 saturated carbocycles. The highest BCUT2D eigenvalue weighted by Crippen LogP contribution is 2.40. The third kappa shape index (κ3) is 1.82. The second kappa shape index (κ2) is 4.09. The zero-order valence-electron chi connectivity index (χ0n) is 8.93. The minimum Gasteiger partial charge on any atom is -0.481 e. The largest absolute Gasteiger partial charge is 0.481 e. The molecule has 88 valence electrons. The fourth-order valence-electron chi connectivity index (χ4n) is 2.31. The zero-order chi connectivity index (χ0) is 10.4. The van der Waals surface area contributed by atoms with Crippen LogP contribution in [-0.2, 0) is 11.3 Å². The van der Waals surface area contributed by atoms with Crippen molar-refractivity contribution in [3.05, 3.63) is 17.7 Å². The summed E-state index contributed by atoms with van der Waals surface area (Å²) in [7, 11) is 0. The molecule has 0 bridgehead atoms. The second-order valence-electron chi connectivity index (χ2n) is 4.52. The minimum absolute atomic E-state index is 0. The first kappa shape index (κ1) is 11.5. The van der Waals surface area contributed by atoms with Crippen LogP contribution < -0.4 is 0 Å². The number of carbonyl (C=O) groups is 1. The number of imidazole rings is 1. The third-order valence-electron chi connectivity index (χ3n) is 3.32. The summed E-state index contributed by atoms with van der Waals surface area (Å²) in [5.41, 5.74) is 1.11. The fraction of sp³-hybridized carbons (Fsp3) is 0.636. The molecule has 1 fully saturated rings. The van der Waals surface area contributed by atoms with Crippen molar-refractivity contribution in [3.63, 3.8) is 0 Å². The summed E-state index contributed by atoms with van der Waals surface area (Å²) in [5.74, 6) is 0.267. The summed E-state index contributed by atoms with van der Waals surface area (Å²) in [4.78, 5) is 15.6. The van der Waals surface area contributed by atoms with Gasteiger partial charge in [0.25, 0.3) is 0 Å². The van der Waals surface area contributed by atoms with Gasteiger partial charge in [0.15, 0.2) is 0 Å². The van der Waals surface area contributed by atoms with Crippen molar-refractivity contribution < 1.29 is 9.90 Å². The van der Waals surface area contributed by atoms with Gasteiger partial charge in [-0.15, -0.1) is 12.4 Å². The van der Waals surface area contributed by atoms with Gasteiger partial charge in [-0.25, -0.2) is 4.98 Å². The predicted octanol–water partition coefficient (Wildman–Crippen LogP) is 2.14. The van der Waals surface area contributed by atoms with Gasteiger partial charge in [-0.1, -0.05) is 0 Å². The Morgan fingerprint density at radius 3 is 2.81 bits per heavy atom. The van der Waals surface area contributed by atoms with Crippen LogP contribution in [0, 0.1) is 0 Å². The molecule has 1 aliphatic heterocycles. The number of fused-ring (bicyclic) bond motifs is 1. The summed E-state index contributed by atoms with van der Waals surface area (Å²) < 4.78 is 2.04. The van der Waals surface area contributed by atoms with E-state index < -0.39 is 5.97 Å². The summed E-state index contributed by atoms with van der Waals surface area (Å²) in [6, 6.07) is 0. The average Bonchev–Trinajstić information content (AvgIpc) is 2.96. The maximum Gasteiger partial charge on any atom is 0.314 e. The molecule has 1 unspecified atom stereocenters. The first-order valence-electron chi connectivity index (χ1n) is 5.55. The summed E-state index contributed by atoms with van der Waals surface area (Å²) in [6.07, 6.45) is 6.17. The maximum atomic E-state index is 11.1. The highest BCUT2D eigenvalue weighted by Gasteiger charge is 2.32. The Bertz CT molecular complexity index is 412. The molecule has 4 nitrogen and oxygen atoms in total. The number of nitrogens with zero attached hydrogens (tertiary/aromatic N) is 2. The van der Waals surface area contributed by atoms with E-state index in [1.165, 1.54) is 12.8 Å². The van der Waals surface area contributed by atoms with Gasteiger partial charge < -0.3 is 9.67 Å². The molecule has 1 aliphatic carbocycles. The SMILES string of the molecule is Cl.O=C(O)C1CCCn2cc(C3CC3)nc21. The van der Waals surface area contributed by atoms with Crippen LogP contribution >= 0.6 is 12.4 Å². The van der Waals surface area contributed by atoms with Gasteiger partial charge in [0.1, 0.15) is 11.7 Å². The number of hydrogen-bond acceptors (Lipinski definition) is 2. The number of aryl methyl sites for hydroxylation is 1. The Kier molecular flexibility index (Phi) is 2.93. The van der Waals surface area contributed by atoms with Gasteiger partial charge in [-0.2, -0.15) is 0 Å². The Hall–Kier alpha value is -1.03. The molecule has 5 heteroatoms. The topological polar surface area (TPSA) is 55.1 Å². The van der Waals surface area contributed by atoms with E-state index >= 15 is 0 Å². The number of hydrogen-bond donors (Lipinski definition) is 1. The van der Waals surface area contributed by atoms with E-state index in [1.807, 2.05) is 4.57 Å². The van der Waals surface area contributed by atoms with Gasteiger partial charge in [0.2, 0.25) is 0 Å². The van der Waals surface area contributed by atoms with E-state index in [9.17, 15) is 4.79 Å². The lowest BCUT2D eigenvalue weighted by atomic mass is 9.99. The number of aliphatic carboxylic acids is 1.